The average molecular weight is 296 g/mol. The van der Waals surface area contributed by atoms with Crippen molar-refractivity contribution >= 4 is 9.84 Å². The van der Waals surface area contributed by atoms with Crippen molar-refractivity contribution in [1.82, 2.24) is 5.43 Å². The number of hydrogen-bond acceptors (Lipinski definition) is 4. The molecular formula is C15H24N2O2S. The van der Waals surface area contributed by atoms with Gasteiger partial charge in [-0.3, -0.25) is 11.3 Å². The maximum Gasteiger partial charge on any atom is 0.154 e. The maximum atomic E-state index is 12.2. The highest BCUT2D eigenvalue weighted by Crippen LogP contribution is 2.25. The molecule has 0 saturated carbocycles. The fourth-order valence-electron chi connectivity index (χ4n) is 3.12. The van der Waals surface area contributed by atoms with Gasteiger partial charge in [0.05, 0.1) is 11.0 Å². The summed E-state index contributed by atoms with van der Waals surface area (Å²) in [6, 6.07) is 5.94. The van der Waals surface area contributed by atoms with Crippen molar-refractivity contribution in [1.29, 1.82) is 0 Å². The van der Waals surface area contributed by atoms with Gasteiger partial charge in [0, 0.05) is 6.04 Å². The van der Waals surface area contributed by atoms with Crippen LogP contribution in [0.4, 0.5) is 0 Å². The van der Waals surface area contributed by atoms with E-state index >= 15 is 0 Å². The minimum Gasteiger partial charge on any atom is -0.271 e. The molecule has 2 atom stereocenters. The molecule has 4 nitrogen and oxygen atoms in total. The minimum absolute atomic E-state index is 0.208. The summed E-state index contributed by atoms with van der Waals surface area (Å²) in [6.45, 7) is 4.12. The highest BCUT2D eigenvalue weighted by Gasteiger charge is 2.35. The van der Waals surface area contributed by atoms with Crippen LogP contribution in [0.3, 0.4) is 0 Å². The van der Waals surface area contributed by atoms with Gasteiger partial charge in [-0.15, -0.1) is 0 Å². The van der Waals surface area contributed by atoms with Crippen molar-refractivity contribution in [2.75, 3.05) is 5.75 Å². The predicted octanol–water partition coefficient (Wildman–Crippen LogP) is 1.65. The zero-order valence-electron chi connectivity index (χ0n) is 12.2. The van der Waals surface area contributed by atoms with Crippen LogP contribution in [0.15, 0.2) is 18.2 Å². The lowest BCUT2D eigenvalue weighted by Crippen LogP contribution is -2.50. The molecule has 1 fully saturated rings. The lowest BCUT2D eigenvalue weighted by molar-refractivity contribution is 0.439. The van der Waals surface area contributed by atoms with E-state index in [1.807, 2.05) is 6.07 Å². The van der Waals surface area contributed by atoms with Gasteiger partial charge < -0.3 is 0 Å². The average Bonchev–Trinajstić information content (AvgIpc) is 2.39. The van der Waals surface area contributed by atoms with Crippen LogP contribution in [0.25, 0.3) is 0 Å². The minimum atomic E-state index is -3.02. The topological polar surface area (TPSA) is 72.2 Å². The Morgan fingerprint density at radius 1 is 1.30 bits per heavy atom. The third-order valence-electron chi connectivity index (χ3n) is 4.36. The van der Waals surface area contributed by atoms with Crippen LogP contribution in [0, 0.1) is 13.8 Å². The molecule has 1 aromatic rings. The lowest BCUT2D eigenvalue weighted by atomic mass is 9.94. The molecule has 0 radical (unpaired) electrons. The van der Waals surface area contributed by atoms with Crippen molar-refractivity contribution < 1.29 is 8.42 Å². The number of nitrogens with one attached hydrogen (secondary N) is 1. The number of sulfone groups is 1. The Morgan fingerprint density at radius 3 is 2.50 bits per heavy atom. The molecule has 2 rings (SSSR count). The van der Waals surface area contributed by atoms with Crippen molar-refractivity contribution in [2.24, 2.45) is 5.84 Å². The third kappa shape index (κ3) is 3.22. The molecule has 0 aromatic heterocycles. The molecule has 1 aliphatic rings. The van der Waals surface area contributed by atoms with Gasteiger partial charge in [-0.25, -0.2) is 8.42 Å². The summed E-state index contributed by atoms with van der Waals surface area (Å²) in [4.78, 5) is 0. The Balaban J connectivity index is 2.25. The zero-order valence-corrected chi connectivity index (χ0v) is 13.0. The molecule has 3 N–H and O–H groups in total. The summed E-state index contributed by atoms with van der Waals surface area (Å²) in [7, 11) is -3.02. The van der Waals surface area contributed by atoms with Crippen molar-refractivity contribution in [3.63, 3.8) is 0 Å². The van der Waals surface area contributed by atoms with Crippen LogP contribution in [0.2, 0.25) is 0 Å². The second-order valence-electron chi connectivity index (χ2n) is 5.75. The third-order valence-corrected chi connectivity index (χ3v) is 6.70. The van der Waals surface area contributed by atoms with Gasteiger partial charge in [-0.05, 0) is 49.8 Å². The summed E-state index contributed by atoms with van der Waals surface area (Å²) < 4.78 is 24.5. The van der Waals surface area contributed by atoms with Crippen LogP contribution in [-0.4, -0.2) is 25.5 Å². The molecule has 0 amide bonds. The van der Waals surface area contributed by atoms with Gasteiger partial charge in [-0.1, -0.05) is 24.6 Å². The summed E-state index contributed by atoms with van der Waals surface area (Å²) in [5.41, 5.74) is 6.34. The van der Waals surface area contributed by atoms with Gasteiger partial charge in [0.15, 0.2) is 9.84 Å². The van der Waals surface area contributed by atoms with Gasteiger partial charge in [0.1, 0.15) is 0 Å². The molecule has 2 unspecified atom stereocenters. The van der Waals surface area contributed by atoms with E-state index in [0.29, 0.717) is 18.6 Å². The van der Waals surface area contributed by atoms with Crippen LogP contribution >= 0.6 is 0 Å². The van der Waals surface area contributed by atoms with E-state index in [0.717, 1.165) is 12.8 Å². The Hall–Kier alpha value is -0.910. The number of aryl methyl sites for hydroxylation is 2. The second-order valence-corrected chi connectivity index (χ2v) is 8.09. The maximum absolute atomic E-state index is 12.2. The molecule has 5 heteroatoms. The first-order valence-electron chi connectivity index (χ1n) is 7.18. The van der Waals surface area contributed by atoms with E-state index in [2.05, 4.69) is 31.4 Å². The molecule has 1 heterocycles. The van der Waals surface area contributed by atoms with E-state index in [9.17, 15) is 8.42 Å². The molecule has 1 saturated heterocycles. The molecule has 1 aromatic carbocycles. The second kappa shape index (κ2) is 6.24. The van der Waals surface area contributed by atoms with E-state index in [1.54, 1.807) is 0 Å². The van der Waals surface area contributed by atoms with Gasteiger partial charge in [-0.2, -0.15) is 0 Å². The van der Waals surface area contributed by atoms with Crippen LogP contribution in [0.1, 0.15) is 36.0 Å². The first-order chi connectivity index (χ1) is 9.45. The number of rotatable bonds is 4. The van der Waals surface area contributed by atoms with Gasteiger partial charge in [0.25, 0.3) is 0 Å². The number of hydrazine groups is 1. The lowest BCUT2D eigenvalue weighted by Gasteiger charge is -2.30. The van der Waals surface area contributed by atoms with Crippen LogP contribution < -0.4 is 11.3 Å². The molecule has 0 bridgehead atoms. The van der Waals surface area contributed by atoms with E-state index in [1.165, 1.54) is 16.7 Å². The number of benzene rings is 1. The van der Waals surface area contributed by atoms with Gasteiger partial charge >= 0.3 is 0 Å². The Kier molecular flexibility index (Phi) is 4.83. The fraction of sp³-hybridized carbons (Fsp3) is 0.600. The van der Waals surface area contributed by atoms with Crippen molar-refractivity contribution in [3.8, 4) is 0 Å². The Labute approximate surface area is 121 Å². The van der Waals surface area contributed by atoms with Crippen LogP contribution in [0.5, 0.6) is 0 Å². The summed E-state index contributed by atoms with van der Waals surface area (Å²) in [6.07, 6.45) is 3.12. The molecule has 0 spiro atoms. The quantitative estimate of drug-likeness (QED) is 0.654. The molecular weight excluding hydrogens is 272 g/mol. The molecule has 1 aliphatic heterocycles. The Bertz CT molecular complexity index is 549. The monoisotopic (exact) mass is 296 g/mol. The van der Waals surface area contributed by atoms with E-state index < -0.39 is 9.84 Å². The first kappa shape index (κ1) is 15.5. The first-order valence-corrected chi connectivity index (χ1v) is 8.90. The largest absolute Gasteiger partial charge is 0.271 e. The fourth-order valence-corrected chi connectivity index (χ4v) is 5.23. The van der Waals surface area contributed by atoms with Gasteiger partial charge in [0.2, 0.25) is 0 Å². The van der Waals surface area contributed by atoms with Crippen molar-refractivity contribution in [3.05, 3.63) is 34.9 Å². The normalized spacial score (nSPS) is 23.4. The highest BCUT2D eigenvalue weighted by atomic mass is 32.2. The summed E-state index contributed by atoms with van der Waals surface area (Å²) in [5.74, 6) is 5.95. The SMILES string of the molecule is Cc1cccc(C)c1CC(NN)C1CCCCS1(=O)=O. The summed E-state index contributed by atoms with van der Waals surface area (Å²) in [5, 5.41) is -0.361. The smallest absolute Gasteiger partial charge is 0.154 e. The van der Waals surface area contributed by atoms with E-state index in [4.69, 9.17) is 5.84 Å². The van der Waals surface area contributed by atoms with Crippen molar-refractivity contribution in [2.45, 2.75) is 50.8 Å². The predicted molar refractivity (Wildman–Crippen MR) is 82.2 cm³/mol. The Morgan fingerprint density at radius 2 is 1.95 bits per heavy atom. The number of nitrogens with two attached hydrogens (primary N) is 1. The van der Waals surface area contributed by atoms with Crippen LogP contribution in [-0.2, 0) is 16.3 Å². The standard InChI is InChI=1S/C15H24N2O2S/c1-11-6-5-7-12(2)13(11)10-14(17-16)15-8-3-4-9-20(15,18)19/h5-7,14-15,17H,3-4,8-10,16H2,1-2H3. The number of hydrogen-bond donors (Lipinski definition) is 2. The van der Waals surface area contributed by atoms with E-state index in [-0.39, 0.29) is 11.3 Å². The highest BCUT2D eigenvalue weighted by molar-refractivity contribution is 7.92. The zero-order chi connectivity index (χ0) is 14.8. The molecule has 0 aliphatic carbocycles. The summed E-state index contributed by atoms with van der Waals surface area (Å²) >= 11 is 0. The molecule has 112 valence electrons. The molecule has 20 heavy (non-hydrogen) atoms.